The van der Waals surface area contributed by atoms with Crippen molar-refractivity contribution < 1.29 is 23.7 Å². The lowest BCUT2D eigenvalue weighted by atomic mass is 10.1. The highest BCUT2D eigenvalue weighted by molar-refractivity contribution is 6.19. The predicted molar refractivity (Wildman–Crippen MR) is 87.4 cm³/mol. The molecule has 0 bridgehead atoms. The van der Waals surface area contributed by atoms with E-state index < -0.39 is 30.5 Å². The van der Waals surface area contributed by atoms with Crippen LogP contribution in [0.25, 0.3) is 0 Å². The first-order chi connectivity index (χ1) is 11.8. The number of ether oxygens (including phenoxy) is 1. The van der Waals surface area contributed by atoms with Gasteiger partial charge in [-0.25, -0.2) is 18.8 Å². The lowest BCUT2D eigenvalue weighted by Crippen LogP contribution is -2.63. The van der Waals surface area contributed by atoms with Crippen LogP contribution >= 0.6 is 0 Å². The highest BCUT2D eigenvalue weighted by Crippen LogP contribution is 2.31. The van der Waals surface area contributed by atoms with Crippen LogP contribution in [-0.2, 0) is 14.3 Å². The molecule has 2 aliphatic rings. The summed E-state index contributed by atoms with van der Waals surface area (Å²) in [6.45, 7) is 5.70. The monoisotopic (exact) mass is 348 g/mol. The number of carbonyl (C=O) groups excluding carboxylic acids is 3. The fraction of sp³-hybridized carbons (Fsp3) is 0.562. The van der Waals surface area contributed by atoms with Crippen molar-refractivity contribution in [2.75, 3.05) is 20.7 Å². The van der Waals surface area contributed by atoms with Crippen molar-refractivity contribution in [2.24, 2.45) is 4.99 Å². The number of aromatic nitrogens is 2. The van der Waals surface area contributed by atoms with Gasteiger partial charge in [0.25, 0.3) is 5.91 Å². The molecule has 0 radical (unpaired) electrons. The Balaban J connectivity index is 2.06. The van der Waals surface area contributed by atoms with Crippen molar-refractivity contribution in [3.63, 3.8) is 0 Å². The number of methoxy groups -OCH3 is 1. The summed E-state index contributed by atoms with van der Waals surface area (Å²) in [5, 5.41) is 0. The number of hydrogen-bond donors (Lipinski definition) is 0. The number of nitrogens with zero attached hydrogens (tertiary/aromatic N) is 5. The van der Waals surface area contributed by atoms with E-state index in [0.29, 0.717) is 11.8 Å². The van der Waals surface area contributed by atoms with Crippen molar-refractivity contribution in [2.45, 2.75) is 39.3 Å². The fourth-order valence-corrected chi connectivity index (χ4v) is 3.27. The van der Waals surface area contributed by atoms with Crippen LogP contribution in [0.4, 0.5) is 10.7 Å². The van der Waals surface area contributed by atoms with Gasteiger partial charge < -0.3 is 4.74 Å². The molecule has 0 spiro atoms. The lowest BCUT2D eigenvalue weighted by molar-refractivity contribution is -0.677. The van der Waals surface area contributed by atoms with Crippen molar-refractivity contribution in [3.8, 4) is 0 Å². The van der Waals surface area contributed by atoms with Crippen LogP contribution in [0.2, 0.25) is 0 Å². The first-order valence-corrected chi connectivity index (χ1v) is 8.19. The molecule has 1 saturated heterocycles. The van der Waals surface area contributed by atoms with Crippen LogP contribution in [-0.4, -0.2) is 58.8 Å². The zero-order chi connectivity index (χ0) is 18.5. The van der Waals surface area contributed by atoms with Gasteiger partial charge in [0.15, 0.2) is 0 Å². The third-order valence-corrected chi connectivity index (χ3v) is 4.80. The molecule has 1 aromatic heterocycles. The number of hydrogen-bond acceptors (Lipinski definition) is 5. The Hall–Kier alpha value is -2.71. The SMILES string of the molecule is CCC(C)n1c(C)c[n+]2c1N=C1C2C(=O)N(CC(=O)OC)C(=O)N1C. The number of imidazole rings is 1. The van der Waals surface area contributed by atoms with E-state index in [-0.39, 0.29) is 6.04 Å². The van der Waals surface area contributed by atoms with Gasteiger partial charge >= 0.3 is 17.9 Å². The summed E-state index contributed by atoms with van der Waals surface area (Å²) in [4.78, 5) is 43.7. The molecular formula is C16H22N5O4+. The molecule has 1 fully saturated rings. The predicted octanol–water partition coefficient (Wildman–Crippen LogP) is 0.707. The maximum atomic E-state index is 12.9. The van der Waals surface area contributed by atoms with Gasteiger partial charge in [-0.05, 0) is 20.3 Å². The summed E-state index contributed by atoms with van der Waals surface area (Å²) in [6.07, 6.45) is 2.77. The van der Waals surface area contributed by atoms with Gasteiger partial charge in [-0.3, -0.25) is 14.5 Å². The minimum atomic E-state index is -0.744. The van der Waals surface area contributed by atoms with Gasteiger partial charge in [-0.1, -0.05) is 11.9 Å². The minimum absolute atomic E-state index is 0.211. The summed E-state index contributed by atoms with van der Waals surface area (Å²) in [5.74, 6) is -0.104. The molecule has 9 nitrogen and oxygen atoms in total. The molecule has 3 heterocycles. The standard InChI is InChI=1S/C16H22N5O4/c1-6-9(2)21-10(3)7-19-12-13(17-15(19)21)18(4)16(24)20(14(12)23)8-11(22)25-5/h7,9,12H,6,8H2,1-5H3/q+1. The van der Waals surface area contributed by atoms with E-state index in [2.05, 4.69) is 28.1 Å². The molecule has 2 unspecified atom stereocenters. The molecule has 1 aromatic rings. The first-order valence-electron chi connectivity index (χ1n) is 8.19. The van der Waals surface area contributed by atoms with Crippen molar-refractivity contribution in [1.29, 1.82) is 0 Å². The van der Waals surface area contributed by atoms with Gasteiger partial charge in [0.1, 0.15) is 18.4 Å². The molecular weight excluding hydrogens is 326 g/mol. The van der Waals surface area contributed by atoms with Crippen molar-refractivity contribution in [3.05, 3.63) is 11.9 Å². The number of esters is 1. The summed E-state index contributed by atoms with van der Waals surface area (Å²) >= 11 is 0. The third-order valence-electron chi connectivity index (χ3n) is 4.80. The van der Waals surface area contributed by atoms with Gasteiger partial charge in [0.2, 0.25) is 11.9 Å². The topological polar surface area (TPSA) is 88.1 Å². The zero-order valence-corrected chi connectivity index (χ0v) is 15.0. The number of amides is 3. The summed E-state index contributed by atoms with van der Waals surface area (Å²) in [7, 11) is 2.77. The lowest BCUT2D eigenvalue weighted by Gasteiger charge is -2.32. The van der Waals surface area contributed by atoms with Gasteiger partial charge in [0, 0.05) is 7.05 Å². The van der Waals surface area contributed by atoms with E-state index in [1.165, 1.54) is 12.0 Å². The molecule has 2 atom stereocenters. The third kappa shape index (κ3) is 2.41. The molecule has 0 N–H and O–H groups in total. The number of imide groups is 1. The molecule has 134 valence electrons. The Bertz CT molecular complexity index is 797. The Morgan fingerprint density at radius 1 is 1.44 bits per heavy atom. The summed E-state index contributed by atoms with van der Waals surface area (Å²) in [6, 6.07) is -1.11. The zero-order valence-electron chi connectivity index (χ0n) is 15.0. The van der Waals surface area contributed by atoms with Crippen molar-refractivity contribution in [1.82, 2.24) is 14.4 Å². The van der Waals surface area contributed by atoms with E-state index in [1.807, 2.05) is 13.1 Å². The maximum Gasteiger partial charge on any atom is 0.402 e. The van der Waals surface area contributed by atoms with Gasteiger partial charge in [-0.2, -0.15) is 0 Å². The van der Waals surface area contributed by atoms with Crippen LogP contribution in [0.3, 0.4) is 0 Å². The Labute approximate surface area is 145 Å². The Morgan fingerprint density at radius 2 is 2.12 bits per heavy atom. The smallest absolute Gasteiger partial charge is 0.402 e. The molecule has 0 aliphatic carbocycles. The molecule has 3 amide bonds. The average Bonchev–Trinajstić information content (AvgIpc) is 3.10. The van der Waals surface area contributed by atoms with E-state index >= 15 is 0 Å². The minimum Gasteiger partial charge on any atom is -0.468 e. The Kier molecular flexibility index (Phi) is 4.09. The first kappa shape index (κ1) is 17.1. The molecule has 0 aromatic carbocycles. The highest BCUT2D eigenvalue weighted by atomic mass is 16.5. The largest absolute Gasteiger partial charge is 0.468 e. The fourth-order valence-electron chi connectivity index (χ4n) is 3.27. The molecule has 25 heavy (non-hydrogen) atoms. The number of carbonyl (C=O) groups is 3. The summed E-state index contributed by atoms with van der Waals surface area (Å²) < 4.78 is 8.42. The normalized spacial score (nSPS) is 20.4. The van der Waals surface area contributed by atoms with Crippen LogP contribution in [0, 0.1) is 6.92 Å². The number of rotatable bonds is 4. The second-order valence-corrected chi connectivity index (χ2v) is 6.32. The van der Waals surface area contributed by atoms with Crippen LogP contribution < -0.4 is 4.57 Å². The maximum absolute atomic E-state index is 12.9. The van der Waals surface area contributed by atoms with E-state index in [4.69, 9.17) is 0 Å². The number of fused-ring (bicyclic) bond motifs is 3. The van der Waals surface area contributed by atoms with E-state index in [9.17, 15) is 14.4 Å². The van der Waals surface area contributed by atoms with Crippen LogP contribution in [0.1, 0.15) is 38.0 Å². The Morgan fingerprint density at radius 3 is 2.72 bits per heavy atom. The number of aliphatic imine (C=N–C) groups is 1. The number of likely N-dealkylation sites (N-methyl/N-ethyl adjacent to an activating group) is 1. The average molecular weight is 348 g/mol. The second-order valence-electron chi connectivity index (χ2n) is 6.32. The molecule has 9 heteroatoms. The number of urea groups is 1. The molecule has 0 saturated carbocycles. The number of aryl methyl sites for hydroxylation is 1. The van der Waals surface area contributed by atoms with Crippen molar-refractivity contribution >= 4 is 29.7 Å². The van der Waals surface area contributed by atoms with Crippen LogP contribution in [0.5, 0.6) is 0 Å². The van der Waals surface area contributed by atoms with Gasteiger partial charge in [0.05, 0.1) is 13.2 Å². The second kappa shape index (κ2) is 5.98. The highest BCUT2D eigenvalue weighted by Gasteiger charge is 2.53. The van der Waals surface area contributed by atoms with Gasteiger partial charge in [-0.15, -0.1) is 0 Å². The molecule has 3 rings (SSSR count). The van der Waals surface area contributed by atoms with Crippen LogP contribution in [0.15, 0.2) is 11.2 Å². The van der Waals surface area contributed by atoms with E-state index in [0.717, 1.165) is 17.0 Å². The summed E-state index contributed by atoms with van der Waals surface area (Å²) in [5.41, 5.74) is 0.985. The van der Waals surface area contributed by atoms with E-state index in [1.54, 1.807) is 11.6 Å². The quantitative estimate of drug-likeness (QED) is 0.592. The molecule has 2 aliphatic heterocycles. The number of amidine groups is 1.